The summed E-state index contributed by atoms with van der Waals surface area (Å²) < 4.78 is 16.7. The predicted octanol–water partition coefficient (Wildman–Crippen LogP) is 4.80. The molecule has 1 aromatic heterocycles. The van der Waals surface area contributed by atoms with Crippen LogP contribution in [-0.4, -0.2) is 29.3 Å². The fraction of sp³-hybridized carbons (Fsp3) is 0.318. The highest BCUT2D eigenvalue weighted by Gasteiger charge is 2.15. The second-order valence-corrected chi connectivity index (χ2v) is 6.68. The van der Waals surface area contributed by atoms with Gasteiger partial charge in [0.1, 0.15) is 0 Å². The number of amides is 1. The lowest BCUT2D eigenvalue weighted by molar-refractivity contribution is -0.118. The summed E-state index contributed by atoms with van der Waals surface area (Å²) in [6, 6.07) is 12.9. The quantitative estimate of drug-likeness (QED) is 0.590. The van der Waals surface area contributed by atoms with Crippen molar-refractivity contribution < 1.29 is 18.8 Å². The molecular weight excluding hydrogens is 370 g/mol. The van der Waals surface area contributed by atoms with Gasteiger partial charge >= 0.3 is 0 Å². The monoisotopic (exact) mass is 395 g/mol. The summed E-state index contributed by atoms with van der Waals surface area (Å²) in [6.45, 7) is 8.60. The molecule has 0 fully saturated rings. The molecule has 1 N–H and O–H groups in total. The molecule has 1 heterocycles. The van der Waals surface area contributed by atoms with Crippen LogP contribution in [0.1, 0.15) is 27.7 Å². The van der Waals surface area contributed by atoms with Crippen molar-refractivity contribution in [3.8, 4) is 34.3 Å². The van der Waals surface area contributed by atoms with E-state index in [9.17, 15) is 4.79 Å². The van der Waals surface area contributed by atoms with Crippen molar-refractivity contribution in [1.82, 2.24) is 10.1 Å². The zero-order valence-electron chi connectivity index (χ0n) is 17.1. The maximum absolute atomic E-state index is 11.9. The van der Waals surface area contributed by atoms with E-state index in [4.69, 9.17) is 14.0 Å². The number of carbonyl (C=O) groups excluding carboxylic acids is 1. The molecule has 0 saturated heterocycles. The van der Waals surface area contributed by atoms with Gasteiger partial charge in [0.25, 0.3) is 5.89 Å². The van der Waals surface area contributed by atoms with E-state index >= 15 is 0 Å². The average Bonchev–Trinajstić information content (AvgIpc) is 3.20. The van der Waals surface area contributed by atoms with Gasteiger partial charge in [0.15, 0.2) is 11.5 Å². The maximum atomic E-state index is 11.9. The molecule has 3 rings (SSSR count). The Kier molecular flexibility index (Phi) is 6.49. The maximum Gasteiger partial charge on any atom is 0.258 e. The Hall–Kier alpha value is -3.35. The molecule has 0 saturated carbocycles. The first-order valence-electron chi connectivity index (χ1n) is 9.66. The molecule has 0 spiro atoms. The fourth-order valence-electron chi connectivity index (χ4n) is 2.66. The highest BCUT2D eigenvalue weighted by molar-refractivity contribution is 5.92. The molecule has 29 heavy (non-hydrogen) atoms. The Balaban J connectivity index is 1.86. The van der Waals surface area contributed by atoms with E-state index in [1.165, 1.54) is 0 Å². The predicted molar refractivity (Wildman–Crippen MR) is 111 cm³/mol. The number of rotatable bonds is 8. The summed E-state index contributed by atoms with van der Waals surface area (Å²) in [5.74, 6) is 1.97. The summed E-state index contributed by atoms with van der Waals surface area (Å²) in [5.41, 5.74) is 2.17. The van der Waals surface area contributed by atoms with Crippen LogP contribution in [0.5, 0.6) is 11.5 Å². The summed E-state index contributed by atoms with van der Waals surface area (Å²) in [6.07, 6.45) is 0. The van der Waals surface area contributed by atoms with Gasteiger partial charge in [0.05, 0.1) is 13.2 Å². The van der Waals surface area contributed by atoms with Crippen LogP contribution in [0.3, 0.4) is 0 Å². The lowest BCUT2D eigenvalue weighted by Crippen LogP contribution is -2.17. The normalized spacial score (nSPS) is 10.8. The molecule has 2 aromatic carbocycles. The minimum absolute atomic E-state index is 0.0474. The van der Waals surface area contributed by atoms with Gasteiger partial charge in [-0.05, 0) is 44.2 Å². The summed E-state index contributed by atoms with van der Waals surface area (Å²) in [7, 11) is 0. The summed E-state index contributed by atoms with van der Waals surface area (Å²) in [5, 5.41) is 6.96. The van der Waals surface area contributed by atoms with E-state index in [1.54, 1.807) is 0 Å². The van der Waals surface area contributed by atoms with Gasteiger partial charge < -0.3 is 19.3 Å². The van der Waals surface area contributed by atoms with Gasteiger partial charge in [0, 0.05) is 22.7 Å². The molecule has 7 nitrogen and oxygen atoms in total. The Morgan fingerprint density at radius 3 is 2.52 bits per heavy atom. The van der Waals surface area contributed by atoms with Gasteiger partial charge in [-0.3, -0.25) is 4.79 Å². The van der Waals surface area contributed by atoms with Crippen LogP contribution in [0.15, 0.2) is 47.0 Å². The van der Waals surface area contributed by atoms with Crippen molar-refractivity contribution in [2.24, 2.45) is 5.92 Å². The average molecular weight is 395 g/mol. The first-order valence-corrected chi connectivity index (χ1v) is 9.66. The molecule has 0 aliphatic carbocycles. The second-order valence-electron chi connectivity index (χ2n) is 6.68. The van der Waals surface area contributed by atoms with Crippen LogP contribution >= 0.6 is 0 Å². The van der Waals surface area contributed by atoms with Gasteiger partial charge in [-0.1, -0.05) is 31.1 Å². The lowest BCUT2D eigenvalue weighted by atomic mass is 10.1. The largest absolute Gasteiger partial charge is 0.490 e. The third-order valence-corrected chi connectivity index (χ3v) is 4.13. The number of nitrogens with zero attached hydrogens (tertiary/aromatic N) is 2. The minimum atomic E-state index is -0.102. The van der Waals surface area contributed by atoms with Crippen molar-refractivity contribution in [1.29, 1.82) is 0 Å². The molecule has 0 aliphatic rings. The third-order valence-electron chi connectivity index (χ3n) is 4.13. The van der Waals surface area contributed by atoms with Crippen LogP contribution in [0.2, 0.25) is 0 Å². The van der Waals surface area contributed by atoms with Crippen molar-refractivity contribution in [3.63, 3.8) is 0 Å². The standard InChI is InChI=1S/C22H25N3O4/c1-5-27-18-11-10-16(13-19(18)28-6-2)22-24-20(25-29-22)15-8-7-9-17(12-15)23-21(26)14(3)4/h7-14H,5-6H2,1-4H3,(H,23,26). The fourth-order valence-corrected chi connectivity index (χ4v) is 2.66. The van der Waals surface area contributed by atoms with Crippen LogP contribution in [-0.2, 0) is 4.79 Å². The molecule has 152 valence electrons. The number of nitrogens with one attached hydrogen (secondary N) is 1. The second kappa shape index (κ2) is 9.23. The van der Waals surface area contributed by atoms with Crippen LogP contribution in [0.25, 0.3) is 22.8 Å². The molecule has 0 bridgehead atoms. The topological polar surface area (TPSA) is 86.5 Å². The molecule has 7 heteroatoms. The molecule has 0 unspecified atom stereocenters. The van der Waals surface area contributed by atoms with E-state index in [0.717, 1.165) is 11.1 Å². The third kappa shape index (κ3) is 4.93. The zero-order chi connectivity index (χ0) is 20.8. The van der Waals surface area contributed by atoms with E-state index in [0.29, 0.717) is 42.1 Å². The highest BCUT2D eigenvalue weighted by Crippen LogP contribution is 2.33. The Bertz CT molecular complexity index is 982. The summed E-state index contributed by atoms with van der Waals surface area (Å²) in [4.78, 5) is 16.4. The Morgan fingerprint density at radius 2 is 1.79 bits per heavy atom. The Labute approximate surface area is 170 Å². The molecule has 0 radical (unpaired) electrons. The first kappa shape index (κ1) is 20.4. The lowest BCUT2D eigenvalue weighted by Gasteiger charge is -2.11. The van der Waals surface area contributed by atoms with Crippen molar-refractivity contribution >= 4 is 11.6 Å². The first-order chi connectivity index (χ1) is 14.0. The molecule has 3 aromatic rings. The molecule has 1 amide bonds. The smallest absolute Gasteiger partial charge is 0.258 e. The Morgan fingerprint density at radius 1 is 1.03 bits per heavy atom. The number of hydrogen-bond acceptors (Lipinski definition) is 6. The van der Waals surface area contributed by atoms with Crippen molar-refractivity contribution in [3.05, 3.63) is 42.5 Å². The van der Waals surface area contributed by atoms with E-state index < -0.39 is 0 Å². The molecule has 0 aliphatic heterocycles. The summed E-state index contributed by atoms with van der Waals surface area (Å²) >= 11 is 0. The highest BCUT2D eigenvalue weighted by atomic mass is 16.5. The zero-order valence-corrected chi connectivity index (χ0v) is 17.1. The van der Waals surface area contributed by atoms with E-state index in [2.05, 4.69) is 15.5 Å². The van der Waals surface area contributed by atoms with Gasteiger partial charge in [-0.2, -0.15) is 4.98 Å². The number of ether oxygens (including phenoxy) is 2. The molecule has 0 atom stereocenters. The van der Waals surface area contributed by atoms with Gasteiger partial charge in [-0.15, -0.1) is 0 Å². The van der Waals surface area contributed by atoms with Crippen LogP contribution in [0, 0.1) is 5.92 Å². The number of benzene rings is 2. The number of aromatic nitrogens is 2. The van der Waals surface area contributed by atoms with Crippen LogP contribution in [0.4, 0.5) is 5.69 Å². The number of anilines is 1. The van der Waals surface area contributed by atoms with E-state index in [-0.39, 0.29) is 11.8 Å². The molecular formula is C22H25N3O4. The SMILES string of the molecule is CCOc1ccc(-c2nc(-c3cccc(NC(=O)C(C)C)c3)no2)cc1OCC. The van der Waals surface area contributed by atoms with Gasteiger partial charge in [-0.25, -0.2) is 0 Å². The van der Waals surface area contributed by atoms with Crippen LogP contribution < -0.4 is 14.8 Å². The number of carbonyl (C=O) groups is 1. The van der Waals surface area contributed by atoms with Gasteiger partial charge in [0.2, 0.25) is 11.7 Å². The minimum Gasteiger partial charge on any atom is -0.490 e. The van der Waals surface area contributed by atoms with Crippen molar-refractivity contribution in [2.45, 2.75) is 27.7 Å². The number of hydrogen-bond donors (Lipinski definition) is 1. The van der Waals surface area contributed by atoms with E-state index in [1.807, 2.05) is 70.2 Å². The van der Waals surface area contributed by atoms with Crippen molar-refractivity contribution in [2.75, 3.05) is 18.5 Å².